The molecule has 0 spiro atoms. The molecule has 1 saturated heterocycles. The van der Waals surface area contributed by atoms with Crippen molar-refractivity contribution in [3.63, 3.8) is 0 Å². The lowest BCUT2D eigenvalue weighted by atomic mass is 9.99. The number of aryl methyl sites for hydroxylation is 2. The van der Waals surface area contributed by atoms with Crippen molar-refractivity contribution >= 4 is 51.5 Å². The fraction of sp³-hybridized carbons (Fsp3) is 0.405. The van der Waals surface area contributed by atoms with Crippen molar-refractivity contribution in [2.45, 2.75) is 58.7 Å². The molecule has 5 heterocycles. The molecule has 2 atom stereocenters. The van der Waals surface area contributed by atoms with Gasteiger partial charge in [0.25, 0.3) is 0 Å². The van der Waals surface area contributed by atoms with Crippen LogP contribution in [-0.2, 0) is 25.6 Å². The number of carbonyl (C=O) groups is 2. The topological polar surface area (TPSA) is 147 Å². The molecule has 13 nitrogen and oxygen atoms in total. The molecule has 3 aromatic heterocycles. The van der Waals surface area contributed by atoms with Gasteiger partial charge < -0.3 is 14.8 Å². The number of nitrogens with one attached hydrogen (secondary N) is 2. The first kappa shape index (κ1) is 35.9. The highest BCUT2D eigenvalue weighted by molar-refractivity contribution is 7.15. The number of carbonyl (C=O) groups excluding carboxylic acids is 2. The maximum atomic E-state index is 13.4. The zero-order valence-corrected chi connectivity index (χ0v) is 30.9. The van der Waals surface area contributed by atoms with E-state index in [-0.39, 0.29) is 24.1 Å². The van der Waals surface area contributed by atoms with Crippen LogP contribution in [-0.4, -0.2) is 80.9 Å². The number of nitrogens with zero attached hydrogens (tertiary/aromatic N) is 6. The first-order valence-electron chi connectivity index (χ1n) is 17.5. The third-order valence-electron chi connectivity index (χ3n) is 9.60. The van der Waals surface area contributed by atoms with Gasteiger partial charge in [-0.15, -0.1) is 21.5 Å². The Balaban J connectivity index is 0.891. The number of rotatable bonds is 14. The number of imide groups is 1. The minimum atomic E-state index is -0.724. The number of aromatic nitrogens is 5. The highest BCUT2D eigenvalue weighted by Gasteiger charge is 2.32. The van der Waals surface area contributed by atoms with Crippen LogP contribution in [0.5, 0.6) is 0 Å². The van der Waals surface area contributed by atoms with Crippen molar-refractivity contribution in [2.24, 2.45) is 4.99 Å². The first-order valence-corrected chi connectivity index (χ1v) is 18.7. The molecule has 1 unspecified atom stereocenters. The number of imidazole rings is 1. The average molecular weight is 745 g/mol. The number of halogens is 1. The summed E-state index contributed by atoms with van der Waals surface area (Å²) in [7, 11) is 0. The summed E-state index contributed by atoms with van der Waals surface area (Å²) in [6, 6.07) is 14.3. The number of amides is 2. The van der Waals surface area contributed by atoms with Crippen LogP contribution in [0, 0.1) is 20.8 Å². The van der Waals surface area contributed by atoms with Crippen molar-refractivity contribution in [3.05, 3.63) is 97.3 Å². The van der Waals surface area contributed by atoms with Gasteiger partial charge in [0.05, 0.1) is 49.7 Å². The molecule has 2 aliphatic heterocycles. The third-order valence-corrected chi connectivity index (χ3v) is 11.0. The van der Waals surface area contributed by atoms with Gasteiger partial charge in [-0.3, -0.25) is 33.6 Å². The lowest BCUT2D eigenvalue weighted by molar-refractivity contribution is -0.135. The van der Waals surface area contributed by atoms with Crippen molar-refractivity contribution in [1.29, 1.82) is 0 Å². The van der Waals surface area contributed by atoms with E-state index < -0.39 is 11.9 Å². The second kappa shape index (κ2) is 15.6. The maximum absolute atomic E-state index is 13.4. The number of aliphatic imine (C=N–C) groups is 1. The lowest BCUT2D eigenvalue weighted by Gasteiger charge is -2.21. The second-order valence-electron chi connectivity index (χ2n) is 12.9. The van der Waals surface area contributed by atoms with E-state index in [1.54, 1.807) is 15.9 Å². The first-order chi connectivity index (χ1) is 25.2. The summed E-state index contributed by atoms with van der Waals surface area (Å²) in [5.41, 5.74) is 5.36. The number of thiophene rings is 1. The molecule has 0 aliphatic carbocycles. The standard InChI is InChI=1S/C37H41ClN8O5S/c1-22-23(2)52-36-32(22)33(25-8-10-26(38)11-9-25)40-27(34-43-42-24(3)45(34)36)14-15-39-16-18-50-20-21-51-19-17-44-28-6-4-5-7-29(28)46(37(44)49)30-12-13-31(47)41-35(30)48/h4-11,27,30,39H,12-21H2,1-3H3,(H,41,47,48)/t27-,30?/m0/s1. The monoisotopic (exact) mass is 744 g/mol. The van der Waals surface area contributed by atoms with Gasteiger partial charge >= 0.3 is 5.69 Å². The molecule has 0 radical (unpaired) electrons. The Hall–Kier alpha value is -4.47. The van der Waals surface area contributed by atoms with Crippen molar-refractivity contribution in [3.8, 4) is 5.00 Å². The predicted molar refractivity (Wildman–Crippen MR) is 200 cm³/mol. The summed E-state index contributed by atoms with van der Waals surface area (Å²) in [5, 5.41) is 16.6. The van der Waals surface area contributed by atoms with Crippen molar-refractivity contribution in [2.75, 3.05) is 39.5 Å². The average Bonchev–Trinajstić information content (AvgIpc) is 3.71. The largest absolute Gasteiger partial charge is 0.378 e. The van der Waals surface area contributed by atoms with Gasteiger partial charge in [-0.2, -0.15) is 0 Å². The third kappa shape index (κ3) is 7.13. The summed E-state index contributed by atoms with van der Waals surface area (Å²) in [4.78, 5) is 44.2. The van der Waals surface area contributed by atoms with Gasteiger partial charge in [0, 0.05) is 34.0 Å². The zero-order valence-electron chi connectivity index (χ0n) is 29.4. The van der Waals surface area contributed by atoms with Crippen LogP contribution in [0.2, 0.25) is 5.02 Å². The summed E-state index contributed by atoms with van der Waals surface area (Å²) >= 11 is 7.98. The molecule has 2 aliphatic rings. The number of para-hydroxylation sites is 2. The fourth-order valence-electron chi connectivity index (χ4n) is 6.85. The van der Waals surface area contributed by atoms with Crippen LogP contribution in [0.3, 0.4) is 0 Å². The number of hydrogen-bond donors (Lipinski definition) is 2. The van der Waals surface area contributed by atoms with Gasteiger partial charge in [-0.1, -0.05) is 35.9 Å². The number of ether oxygens (including phenoxy) is 2. The maximum Gasteiger partial charge on any atom is 0.329 e. The summed E-state index contributed by atoms with van der Waals surface area (Å²) < 4.78 is 16.9. The van der Waals surface area contributed by atoms with E-state index in [0.29, 0.717) is 63.0 Å². The fourth-order valence-corrected chi connectivity index (χ4v) is 8.19. The summed E-state index contributed by atoms with van der Waals surface area (Å²) in [6.45, 7) is 9.57. The van der Waals surface area contributed by atoms with E-state index in [4.69, 9.17) is 26.1 Å². The smallest absolute Gasteiger partial charge is 0.329 e. The molecule has 2 N–H and O–H groups in total. The molecule has 2 aromatic carbocycles. The van der Waals surface area contributed by atoms with E-state index in [1.807, 2.05) is 55.5 Å². The number of hydrogen-bond acceptors (Lipinski definition) is 10. The van der Waals surface area contributed by atoms with E-state index in [2.05, 4.69) is 39.2 Å². The Morgan fingerprint density at radius 3 is 2.46 bits per heavy atom. The van der Waals surface area contributed by atoms with Crippen molar-refractivity contribution < 1.29 is 19.1 Å². The molecule has 7 rings (SSSR count). The molecule has 5 aromatic rings. The normalized spacial score (nSPS) is 17.2. The van der Waals surface area contributed by atoms with Crippen LogP contribution < -0.4 is 16.3 Å². The highest BCUT2D eigenvalue weighted by Crippen LogP contribution is 2.39. The lowest BCUT2D eigenvalue weighted by Crippen LogP contribution is -2.44. The molecule has 2 amide bonds. The Bertz CT molecular complexity index is 2200. The number of fused-ring (bicyclic) bond motifs is 4. The Morgan fingerprint density at radius 2 is 1.69 bits per heavy atom. The minimum absolute atomic E-state index is 0.196. The second-order valence-corrected chi connectivity index (χ2v) is 14.6. The van der Waals surface area contributed by atoms with Crippen LogP contribution in [0.15, 0.2) is 58.3 Å². The van der Waals surface area contributed by atoms with E-state index in [0.717, 1.165) is 45.4 Å². The highest BCUT2D eigenvalue weighted by atomic mass is 35.5. The van der Waals surface area contributed by atoms with Gasteiger partial charge in [-0.05, 0) is 70.0 Å². The van der Waals surface area contributed by atoms with Gasteiger partial charge in [0.2, 0.25) is 11.8 Å². The van der Waals surface area contributed by atoms with E-state index in [9.17, 15) is 14.4 Å². The quantitative estimate of drug-likeness (QED) is 0.124. The molecule has 52 heavy (non-hydrogen) atoms. The van der Waals surface area contributed by atoms with Crippen LogP contribution >= 0.6 is 22.9 Å². The zero-order chi connectivity index (χ0) is 36.4. The molecule has 1 fully saturated rings. The SMILES string of the molecule is Cc1sc2c(c1C)C(c1ccc(Cl)cc1)=N[C@@H](CCNCCOCCOCCn1c(=O)n(C3CCC(=O)NC3=O)c3ccccc31)c1nnc(C)n1-2. The minimum Gasteiger partial charge on any atom is -0.378 e. The number of benzene rings is 2. The van der Waals surface area contributed by atoms with Gasteiger partial charge in [0.15, 0.2) is 5.82 Å². The van der Waals surface area contributed by atoms with Crippen LogP contribution in [0.25, 0.3) is 16.0 Å². The molecule has 272 valence electrons. The molecular weight excluding hydrogens is 704 g/mol. The van der Waals surface area contributed by atoms with E-state index >= 15 is 0 Å². The molecular formula is C37H41ClN8O5S. The molecule has 0 bridgehead atoms. The van der Waals surface area contributed by atoms with Crippen molar-refractivity contribution in [1.82, 2.24) is 34.5 Å². The summed E-state index contributed by atoms with van der Waals surface area (Å²) in [6.07, 6.45) is 1.21. The summed E-state index contributed by atoms with van der Waals surface area (Å²) in [5.74, 6) is 0.904. The predicted octanol–water partition coefficient (Wildman–Crippen LogP) is 4.61. The molecule has 0 saturated carbocycles. The molecule has 15 heteroatoms. The van der Waals surface area contributed by atoms with Crippen LogP contribution in [0.4, 0.5) is 0 Å². The van der Waals surface area contributed by atoms with Gasteiger partial charge in [-0.25, -0.2) is 4.79 Å². The Labute approximate surface area is 309 Å². The Morgan fingerprint density at radius 1 is 0.942 bits per heavy atom. The Kier molecular flexibility index (Phi) is 10.8. The van der Waals surface area contributed by atoms with Gasteiger partial charge in [0.1, 0.15) is 22.9 Å². The van der Waals surface area contributed by atoms with Crippen LogP contribution in [0.1, 0.15) is 64.6 Å². The number of piperidine rings is 1. The van der Waals surface area contributed by atoms with E-state index in [1.165, 1.54) is 15.0 Å².